The van der Waals surface area contributed by atoms with Crippen molar-refractivity contribution >= 4 is 11.6 Å². The van der Waals surface area contributed by atoms with Crippen molar-refractivity contribution in [2.45, 2.75) is 13.3 Å². The lowest BCUT2D eigenvalue weighted by atomic mass is 10.2. The molecule has 0 bridgehead atoms. The van der Waals surface area contributed by atoms with Crippen LogP contribution in [0, 0.1) is 11.8 Å². The van der Waals surface area contributed by atoms with Gasteiger partial charge in [-0.2, -0.15) is 0 Å². The number of ether oxygens (including phenoxy) is 2. The second-order valence-corrected chi connectivity index (χ2v) is 3.69. The van der Waals surface area contributed by atoms with Crippen molar-refractivity contribution in [3.05, 3.63) is 29.8 Å². The van der Waals surface area contributed by atoms with Gasteiger partial charge < -0.3 is 9.47 Å². The molecule has 0 aromatic heterocycles. The Morgan fingerprint density at radius 1 is 1.12 bits per heavy atom. The third kappa shape index (κ3) is 6.21. The Balaban J connectivity index is 2.30. The second-order valence-electron chi connectivity index (χ2n) is 3.42. The number of alkyl halides is 1. The minimum Gasteiger partial charge on any atom is -0.491 e. The van der Waals surface area contributed by atoms with E-state index in [0.29, 0.717) is 19.1 Å². The summed E-state index contributed by atoms with van der Waals surface area (Å²) in [7, 11) is 0. The highest BCUT2D eigenvalue weighted by Crippen LogP contribution is 2.11. The minimum absolute atomic E-state index is 0.354. The molecule has 0 saturated carbocycles. The van der Waals surface area contributed by atoms with E-state index in [0.717, 1.165) is 24.3 Å². The van der Waals surface area contributed by atoms with E-state index in [9.17, 15) is 0 Å². The molecule has 0 N–H and O–H groups in total. The molecule has 92 valence electrons. The van der Waals surface area contributed by atoms with Gasteiger partial charge in [-0.15, -0.1) is 11.6 Å². The SMILES string of the molecule is CCCOCCOc1ccc(C#CCCl)cc1. The van der Waals surface area contributed by atoms with E-state index in [1.165, 1.54) is 0 Å². The Morgan fingerprint density at radius 3 is 2.53 bits per heavy atom. The summed E-state index contributed by atoms with van der Waals surface area (Å²) < 4.78 is 10.8. The van der Waals surface area contributed by atoms with E-state index in [2.05, 4.69) is 18.8 Å². The van der Waals surface area contributed by atoms with Crippen molar-refractivity contribution in [1.82, 2.24) is 0 Å². The third-order valence-corrected chi connectivity index (χ3v) is 2.13. The first-order valence-electron chi connectivity index (χ1n) is 5.72. The van der Waals surface area contributed by atoms with Crippen molar-refractivity contribution in [2.24, 2.45) is 0 Å². The molecule has 1 rings (SSSR count). The zero-order valence-corrected chi connectivity index (χ0v) is 10.8. The van der Waals surface area contributed by atoms with Crippen LogP contribution in [0.4, 0.5) is 0 Å². The largest absolute Gasteiger partial charge is 0.491 e. The molecule has 0 aliphatic carbocycles. The molecular formula is C14H17ClO2. The Kier molecular flexibility index (Phi) is 7.29. The van der Waals surface area contributed by atoms with Crippen LogP contribution < -0.4 is 4.74 Å². The average Bonchev–Trinajstić information content (AvgIpc) is 2.37. The molecule has 0 amide bonds. The quantitative estimate of drug-likeness (QED) is 0.440. The normalized spacial score (nSPS) is 9.53. The monoisotopic (exact) mass is 252 g/mol. The molecule has 1 aromatic rings. The van der Waals surface area contributed by atoms with Crippen LogP contribution in [0.2, 0.25) is 0 Å². The van der Waals surface area contributed by atoms with Gasteiger partial charge >= 0.3 is 0 Å². The van der Waals surface area contributed by atoms with Gasteiger partial charge in [-0.1, -0.05) is 18.8 Å². The van der Waals surface area contributed by atoms with Crippen LogP contribution in [-0.4, -0.2) is 25.7 Å². The van der Waals surface area contributed by atoms with Crippen LogP contribution in [0.25, 0.3) is 0 Å². The topological polar surface area (TPSA) is 18.5 Å². The van der Waals surface area contributed by atoms with Gasteiger partial charge in [0.1, 0.15) is 12.4 Å². The van der Waals surface area contributed by atoms with Crippen molar-refractivity contribution < 1.29 is 9.47 Å². The van der Waals surface area contributed by atoms with E-state index in [-0.39, 0.29) is 0 Å². The molecule has 17 heavy (non-hydrogen) atoms. The van der Waals surface area contributed by atoms with Gasteiger partial charge in [-0.05, 0) is 30.7 Å². The average molecular weight is 253 g/mol. The molecule has 0 fully saturated rings. The Hall–Kier alpha value is -1.17. The molecule has 0 saturated heterocycles. The molecule has 3 heteroatoms. The lowest BCUT2D eigenvalue weighted by molar-refractivity contribution is 0.101. The molecule has 0 radical (unpaired) electrons. The summed E-state index contributed by atoms with van der Waals surface area (Å²) in [6.07, 6.45) is 1.04. The highest BCUT2D eigenvalue weighted by atomic mass is 35.5. The van der Waals surface area contributed by atoms with Crippen LogP contribution in [-0.2, 0) is 4.74 Å². The number of hydrogen-bond donors (Lipinski definition) is 0. The van der Waals surface area contributed by atoms with Crippen molar-refractivity contribution in [1.29, 1.82) is 0 Å². The maximum absolute atomic E-state index is 5.51. The summed E-state index contributed by atoms with van der Waals surface area (Å²) in [6.45, 7) is 4.08. The minimum atomic E-state index is 0.354. The molecule has 0 aliphatic rings. The second kappa shape index (κ2) is 8.92. The lowest BCUT2D eigenvalue weighted by Gasteiger charge is -2.06. The van der Waals surface area contributed by atoms with Crippen molar-refractivity contribution in [3.8, 4) is 17.6 Å². The Bertz CT molecular complexity index is 362. The fraction of sp³-hybridized carbons (Fsp3) is 0.429. The smallest absolute Gasteiger partial charge is 0.119 e. The zero-order chi connectivity index (χ0) is 12.3. The number of benzene rings is 1. The van der Waals surface area contributed by atoms with Crippen molar-refractivity contribution in [3.63, 3.8) is 0 Å². The van der Waals surface area contributed by atoms with E-state index in [4.69, 9.17) is 21.1 Å². The maximum Gasteiger partial charge on any atom is 0.119 e. The van der Waals surface area contributed by atoms with Gasteiger partial charge in [0.2, 0.25) is 0 Å². The maximum atomic E-state index is 5.51. The summed E-state index contributed by atoms with van der Waals surface area (Å²) in [6, 6.07) is 7.64. The fourth-order valence-electron chi connectivity index (χ4n) is 1.23. The number of rotatable bonds is 6. The first-order valence-corrected chi connectivity index (χ1v) is 6.25. The van der Waals surface area contributed by atoms with E-state index in [1.807, 2.05) is 24.3 Å². The van der Waals surface area contributed by atoms with Gasteiger partial charge in [-0.3, -0.25) is 0 Å². The molecule has 0 heterocycles. The van der Waals surface area contributed by atoms with E-state index in [1.54, 1.807) is 0 Å². The number of hydrogen-bond acceptors (Lipinski definition) is 2. The summed E-state index contributed by atoms with van der Waals surface area (Å²) >= 11 is 5.48. The summed E-state index contributed by atoms with van der Waals surface area (Å²) in [5, 5.41) is 0. The van der Waals surface area contributed by atoms with Gasteiger partial charge in [0, 0.05) is 12.2 Å². The van der Waals surface area contributed by atoms with Crippen LogP contribution >= 0.6 is 11.6 Å². The van der Waals surface area contributed by atoms with Gasteiger partial charge in [-0.25, -0.2) is 0 Å². The van der Waals surface area contributed by atoms with Crippen LogP contribution in [0.5, 0.6) is 5.75 Å². The van der Waals surface area contributed by atoms with E-state index >= 15 is 0 Å². The lowest BCUT2D eigenvalue weighted by Crippen LogP contribution is -2.06. The Labute approximate surface area is 108 Å². The first-order chi connectivity index (χ1) is 8.36. The molecule has 0 unspecified atom stereocenters. The number of halogens is 1. The first kappa shape index (κ1) is 13.9. The molecule has 2 nitrogen and oxygen atoms in total. The highest BCUT2D eigenvalue weighted by Gasteiger charge is 1.93. The van der Waals surface area contributed by atoms with E-state index < -0.39 is 0 Å². The van der Waals surface area contributed by atoms with Crippen LogP contribution in [0.15, 0.2) is 24.3 Å². The Morgan fingerprint density at radius 2 is 1.88 bits per heavy atom. The van der Waals surface area contributed by atoms with Gasteiger partial charge in [0.05, 0.1) is 12.5 Å². The van der Waals surface area contributed by atoms with Gasteiger partial charge in [0.15, 0.2) is 0 Å². The predicted octanol–water partition coefficient (Wildman–Crippen LogP) is 3.08. The summed E-state index contributed by atoms with van der Waals surface area (Å²) in [5.74, 6) is 6.94. The molecule has 0 aliphatic heterocycles. The van der Waals surface area contributed by atoms with Gasteiger partial charge in [0.25, 0.3) is 0 Å². The molecule has 0 atom stereocenters. The summed E-state index contributed by atoms with van der Waals surface area (Å²) in [5.41, 5.74) is 0.945. The molecule has 1 aromatic carbocycles. The highest BCUT2D eigenvalue weighted by molar-refractivity contribution is 6.19. The predicted molar refractivity (Wildman–Crippen MR) is 70.6 cm³/mol. The molecular weight excluding hydrogens is 236 g/mol. The summed E-state index contributed by atoms with van der Waals surface area (Å²) in [4.78, 5) is 0. The molecule has 0 spiro atoms. The standard InChI is InChI=1S/C14H17ClO2/c1-2-10-16-11-12-17-14-7-5-13(6-8-14)4-3-9-15/h5-8H,2,9-12H2,1H3. The third-order valence-electron chi connectivity index (χ3n) is 2.00. The zero-order valence-electron chi connectivity index (χ0n) is 10.0. The van der Waals surface area contributed by atoms with Crippen LogP contribution in [0.3, 0.4) is 0 Å². The van der Waals surface area contributed by atoms with Crippen LogP contribution in [0.1, 0.15) is 18.9 Å². The fourth-order valence-corrected chi connectivity index (χ4v) is 1.30. The van der Waals surface area contributed by atoms with Crippen molar-refractivity contribution in [2.75, 3.05) is 25.7 Å².